The smallest absolute Gasteiger partial charge is 0.410 e. The Bertz CT molecular complexity index is 1880. The molecule has 0 aliphatic rings. The molecule has 0 aromatic heterocycles. The van der Waals surface area contributed by atoms with Crippen molar-refractivity contribution in [2.24, 2.45) is 5.73 Å². The molecule has 63 heavy (non-hydrogen) atoms. The minimum Gasteiger partial charge on any atom is -0.508 e. The quantitative estimate of drug-likeness (QED) is 0.104. The maximum Gasteiger partial charge on any atom is 0.410 e. The number of carboxylic acids is 2. The average Bonchev–Trinajstić information content (AvgIpc) is 3.17. The van der Waals surface area contributed by atoms with Crippen LogP contribution >= 0.6 is 0 Å². The van der Waals surface area contributed by atoms with E-state index in [-0.39, 0.29) is 30.7 Å². The summed E-state index contributed by atoms with van der Waals surface area (Å²) in [6.07, 6.45) is -0.816. The monoisotopic (exact) mass is 884 g/mol. The van der Waals surface area contributed by atoms with Gasteiger partial charge in [-0.15, -0.1) is 0 Å². The standard InChI is InChI=1S/C16H26N2O3.C16H23NO5.C14H19NO5/c1-16(2,3)21-15(19)18(4)13(11-17)10-12-6-8-14(20-5)9-7-12;1-16(2,3)22-15(20)17(4)13(14(18)19)10-11-6-8-12(21-5)9-7-11;1-14(2,3)20-13(19)15-11(12(17)18)8-9-4-6-10(16)7-5-9/h6-9,13H,10-11,17H2,1-5H3;6-9,13H,10H2,1-5H3,(H,18,19);4-7,11,16H,8H2,1-3H3,(H,15,19)(H,17,18)/t2*13-;11-/m000/s1. The number of nitrogens with zero attached hydrogens (tertiary/aromatic N) is 2. The van der Waals surface area contributed by atoms with Crippen molar-refractivity contribution in [3.05, 3.63) is 89.5 Å². The second-order valence-corrected chi connectivity index (χ2v) is 17.4. The molecule has 0 spiro atoms. The maximum atomic E-state index is 12.1. The zero-order chi connectivity index (χ0) is 48.3. The lowest BCUT2D eigenvalue weighted by Crippen LogP contribution is -2.46. The Morgan fingerprint density at radius 2 is 0.968 bits per heavy atom. The van der Waals surface area contributed by atoms with Crippen LogP contribution < -0.4 is 20.5 Å². The number of rotatable bonds is 14. The lowest BCUT2D eigenvalue weighted by Gasteiger charge is -2.30. The molecule has 0 saturated carbocycles. The van der Waals surface area contributed by atoms with Gasteiger partial charge in [-0.1, -0.05) is 36.4 Å². The zero-order valence-corrected chi connectivity index (χ0v) is 38.9. The Hall–Kier alpha value is -6.23. The molecular formula is C46H68N4O13. The van der Waals surface area contributed by atoms with Gasteiger partial charge < -0.3 is 55.0 Å². The molecule has 0 heterocycles. The van der Waals surface area contributed by atoms with Gasteiger partial charge in [0.25, 0.3) is 0 Å². The number of phenols is 1. The lowest BCUT2D eigenvalue weighted by atomic mass is 10.1. The van der Waals surface area contributed by atoms with Crippen molar-refractivity contribution in [3.8, 4) is 17.2 Å². The summed E-state index contributed by atoms with van der Waals surface area (Å²) in [6.45, 7) is 16.2. The van der Waals surface area contributed by atoms with E-state index < -0.39 is 53.0 Å². The van der Waals surface area contributed by atoms with E-state index in [1.807, 2.05) is 45.0 Å². The number of carbonyl (C=O) groups is 5. The first kappa shape index (κ1) is 54.8. The normalized spacial score (nSPS) is 12.5. The van der Waals surface area contributed by atoms with E-state index in [0.29, 0.717) is 24.3 Å². The highest BCUT2D eigenvalue weighted by molar-refractivity contribution is 5.81. The number of carbonyl (C=O) groups excluding carboxylic acids is 3. The minimum atomic E-state index is -1.15. The first-order chi connectivity index (χ1) is 29.1. The zero-order valence-electron chi connectivity index (χ0n) is 38.9. The van der Waals surface area contributed by atoms with E-state index in [4.69, 9.17) is 39.6 Å². The summed E-state index contributed by atoms with van der Waals surface area (Å²) in [6, 6.07) is 18.7. The first-order valence-electron chi connectivity index (χ1n) is 20.2. The first-order valence-corrected chi connectivity index (χ1v) is 20.2. The molecule has 3 rings (SSSR count). The van der Waals surface area contributed by atoms with E-state index in [1.165, 1.54) is 19.2 Å². The SMILES string of the molecule is CC(C)(C)OC(=O)N[C@@H](Cc1ccc(O)cc1)C(=O)O.COc1ccc(C[C@@H](C(=O)O)N(C)C(=O)OC(C)(C)C)cc1.COc1ccc(C[C@@H](CN)N(C)C(=O)OC(C)(C)C)cc1. The van der Waals surface area contributed by atoms with Crippen LogP contribution in [-0.2, 0) is 43.1 Å². The number of ether oxygens (including phenoxy) is 5. The lowest BCUT2D eigenvalue weighted by molar-refractivity contribution is -0.142. The van der Waals surface area contributed by atoms with Crippen LogP contribution in [0.5, 0.6) is 17.2 Å². The van der Waals surface area contributed by atoms with Crippen LogP contribution in [0.15, 0.2) is 72.8 Å². The Balaban J connectivity index is 0.000000473. The third kappa shape index (κ3) is 22.4. The summed E-state index contributed by atoms with van der Waals surface area (Å²) in [5.41, 5.74) is 6.51. The molecule has 0 unspecified atom stereocenters. The molecule has 0 saturated heterocycles. The van der Waals surface area contributed by atoms with Gasteiger partial charge in [0.05, 0.1) is 20.3 Å². The van der Waals surface area contributed by atoms with Crippen LogP contribution in [0.25, 0.3) is 0 Å². The Kier molecular flexibility index (Phi) is 21.8. The van der Waals surface area contributed by atoms with Crippen molar-refractivity contribution >= 4 is 30.2 Å². The van der Waals surface area contributed by atoms with Gasteiger partial charge >= 0.3 is 30.2 Å². The third-order valence-corrected chi connectivity index (χ3v) is 8.52. The maximum absolute atomic E-state index is 12.1. The highest BCUT2D eigenvalue weighted by Gasteiger charge is 2.30. The number of hydrogen-bond acceptors (Lipinski definition) is 12. The number of methoxy groups -OCH3 is 2. The van der Waals surface area contributed by atoms with Crippen LogP contribution in [0.1, 0.15) is 79.0 Å². The van der Waals surface area contributed by atoms with Crippen molar-refractivity contribution in [1.82, 2.24) is 15.1 Å². The summed E-state index contributed by atoms with van der Waals surface area (Å²) >= 11 is 0. The molecule has 350 valence electrons. The number of alkyl carbamates (subject to hydrolysis) is 1. The summed E-state index contributed by atoms with van der Waals surface area (Å²) in [5, 5.41) is 30.0. The van der Waals surface area contributed by atoms with Crippen molar-refractivity contribution in [2.75, 3.05) is 34.9 Å². The summed E-state index contributed by atoms with van der Waals surface area (Å²) in [7, 11) is 6.34. The molecule has 3 aromatic rings. The van der Waals surface area contributed by atoms with Crippen LogP contribution in [0.2, 0.25) is 0 Å². The molecular weight excluding hydrogens is 817 g/mol. The second kappa shape index (κ2) is 25.0. The number of nitrogens with two attached hydrogens (primary N) is 1. The summed E-state index contributed by atoms with van der Waals surface area (Å²) < 4.78 is 25.8. The second-order valence-electron chi connectivity index (χ2n) is 17.4. The van der Waals surface area contributed by atoms with Gasteiger partial charge in [0.1, 0.15) is 46.1 Å². The van der Waals surface area contributed by atoms with Crippen LogP contribution in [0.4, 0.5) is 14.4 Å². The Labute approximate surface area is 371 Å². The van der Waals surface area contributed by atoms with Gasteiger partial charge in [0.2, 0.25) is 0 Å². The molecule has 17 heteroatoms. The molecule has 0 aliphatic carbocycles. The topological polar surface area (TPSA) is 237 Å². The number of aromatic hydroxyl groups is 1. The van der Waals surface area contributed by atoms with Crippen molar-refractivity contribution in [3.63, 3.8) is 0 Å². The molecule has 0 bridgehead atoms. The van der Waals surface area contributed by atoms with Gasteiger partial charge in [-0.2, -0.15) is 0 Å². The van der Waals surface area contributed by atoms with Crippen molar-refractivity contribution in [1.29, 1.82) is 0 Å². The molecule has 6 N–H and O–H groups in total. The molecule has 17 nitrogen and oxygen atoms in total. The summed E-state index contributed by atoms with van der Waals surface area (Å²) in [5.74, 6) is -0.631. The number of benzene rings is 3. The number of aliphatic carboxylic acids is 2. The fourth-order valence-electron chi connectivity index (χ4n) is 5.25. The number of carboxylic acid groups (broad SMARTS) is 2. The molecule has 0 radical (unpaired) electrons. The number of likely N-dealkylation sites (N-methyl/N-ethyl adjacent to an activating group) is 2. The van der Waals surface area contributed by atoms with Gasteiger partial charge in [-0.05, 0) is 122 Å². The average molecular weight is 885 g/mol. The van der Waals surface area contributed by atoms with Gasteiger partial charge in [-0.25, -0.2) is 24.0 Å². The van der Waals surface area contributed by atoms with E-state index in [1.54, 1.807) is 104 Å². The van der Waals surface area contributed by atoms with Crippen LogP contribution in [0, 0.1) is 0 Å². The molecule has 0 fully saturated rings. The molecule has 3 amide bonds. The van der Waals surface area contributed by atoms with Crippen molar-refractivity contribution in [2.45, 2.75) is 117 Å². The number of hydrogen-bond donors (Lipinski definition) is 5. The van der Waals surface area contributed by atoms with E-state index in [9.17, 15) is 29.1 Å². The van der Waals surface area contributed by atoms with Crippen LogP contribution in [0.3, 0.4) is 0 Å². The highest BCUT2D eigenvalue weighted by atomic mass is 16.6. The van der Waals surface area contributed by atoms with Gasteiger partial charge in [-0.3, -0.25) is 4.90 Å². The van der Waals surface area contributed by atoms with Gasteiger partial charge in [0, 0.05) is 33.5 Å². The number of amides is 3. The fourth-order valence-corrected chi connectivity index (χ4v) is 5.25. The highest BCUT2D eigenvalue weighted by Crippen LogP contribution is 2.19. The van der Waals surface area contributed by atoms with Crippen molar-refractivity contribution < 1.29 is 63.0 Å². The Morgan fingerprint density at radius 1 is 0.587 bits per heavy atom. The van der Waals surface area contributed by atoms with E-state index >= 15 is 0 Å². The predicted molar refractivity (Wildman–Crippen MR) is 238 cm³/mol. The molecule has 3 aromatic carbocycles. The largest absolute Gasteiger partial charge is 0.508 e. The predicted octanol–water partition coefficient (Wildman–Crippen LogP) is 6.90. The third-order valence-electron chi connectivity index (χ3n) is 8.52. The fraction of sp³-hybridized carbons (Fsp3) is 0.500. The molecule has 3 atom stereocenters. The van der Waals surface area contributed by atoms with E-state index in [0.717, 1.165) is 21.8 Å². The van der Waals surface area contributed by atoms with Crippen LogP contribution in [-0.4, -0.2) is 125 Å². The minimum absolute atomic E-state index is 0.0979. The Morgan fingerprint density at radius 3 is 1.33 bits per heavy atom. The number of nitrogens with one attached hydrogen (secondary N) is 1. The van der Waals surface area contributed by atoms with Gasteiger partial charge in [0.15, 0.2) is 0 Å². The number of phenolic OH excluding ortho intramolecular Hbond substituents is 1. The van der Waals surface area contributed by atoms with E-state index in [2.05, 4.69) is 5.32 Å². The molecule has 0 aliphatic heterocycles. The summed E-state index contributed by atoms with van der Waals surface area (Å²) in [4.78, 5) is 61.0.